The molecule has 0 aromatic heterocycles. The highest BCUT2D eigenvalue weighted by Gasteiger charge is 2.31. The van der Waals surface area contributed by atoms with Crippen molar-refractivity contribution in [1.82, 2.24) is 0 Å². The van der Waals surface area contributed by atoms with Crippen molar-refractivity contribution in [2.45, 2.75) is 110 Å². The molecule has 0 spiro atoms. The summed E-state index contributed by atoms with van der Waals surface area (Å²) in [6.07, 6.45) is 16.9. The van der Waals surface area contributed by atoms with Crippen molar-refractivity contribution in [2.75, 3.05) is 0 Å². The molecule has 1 heteroatoms. The Morgan fingerprint density at radius 1 is 0.864 bits per heavy atom. The zero-order chi connectivity index (χ0) is 15.8. The summed E-state index contributed by atoms with van der Waals surface area (Å²) < 4.78 is 0. The molecule has 130 valence electrons. The van der Waals surface area contributed by atoms with Gasteiger partial charge in [-0.1, -0.05) is 90.3 Å². The largest absolute Gasteiger partial charge is 0.0654 e. The smallest absolute Gasteiger partial charge is 0.0368 e. The van der Waals surface area contributed by atoms with Gasteiger partial charge in [0.2, 0.25) is 0 Å². The average Bonchev–Trinajstić information content (AvgIpc) is 2.56. The summed E-state index contributed by atoms with van der Waals surface area (Å²) in [6, 6.07) is 5.06. The predicted octanol–water partition coefficient (Wildman–Crippen LogP) is 7.06. The van der Waals surface area contributed by atoms with Gasteiger partial charge in [0.15, 0.2) is 0 Å². The van der Waals surface area contributed by atoms with Crippen molar-refractivity contribution < 1.29 is 0 Å². The van der Waals surface area contributed by atoms with Crippen LogP contribution in [0.5, 0.6) is 0 Å². The summed E-state index contributed by atoms with van der Waals surface area (Å²) in [7, 11) is -0.287. The molecule has 0 aromatic carbocycles. The molecule has 0 aromatic rings. The Bertz CT molecular complexity index is 272. The van der Waals surface area contributed by atoms with E-state index in [-0.39, 0.29) is 8.80 Å². The monoisotopic (exact) mass is 322 g/mol. The van der Waals surface area contributed by atoms with Gasteiger partial charge < -0.3 is 0 Å². The lowest BCUT2D eigenvalue weighted by molar-refractivity contribution is 0.175. The van der Waals surface area contributed by atoms with Crippen molar-refractivity contribution in [1.29, 1.82) is 0 Å². The predicted molar refractivity (Wildman–Crippen MR) is 103 cm³/mol. The third kappa shape index (κ3) is 6.02. The molecular formula is C21H42Si. The molecule has 0 N–H and O–H groups in total. The second kappa shape index (κ2) is 10.2. The molecule has 1 atom stereocenters. The van der Waals surface area contributed by atoms with Gasteiger partial charge in [-0.2, -0.15) is 0 Å². The van der Waals surface area contributed by atoms with Gasteiger partial charge in [-0.3, -0.25) is 0 Å². The summed E-state index contributed by atoms with van der Waals surface area (Å²) in [5, 5.41) is 0. The quantitative estimate of drug-likeness (QED) is 0.331. The lowest BCUT2D eigenvalue weighted by Crippen LogP contribution is -2.28. The molecule has 0 amide bonds. The first-order valence-corrected chi connectivity index (χ1v) is 13.2. The second-order valence-corrected chi connectivity index (χ2v) is 12.3. The van der Waals surface area contributed by atoms with Gasteiger partial charge in [-0.05, 0) is 42.9 Å². The SMILES string of the molecule is CCCCC[SiH]1CCC(C2CCC(C[C@@H](C)CC)CC2)CC1. The van der Waals surface area contributed by atoms with Gasteiger partial charge in [0.25, 0.3) is 0 Å². The van der Waals surface area contributed by atoms with E-state index in [0.29, 0.717) is 0 Å². The number of rotatable bonds is 8. The Balaban J connectivity index is 1.62. The van der Waals surface area contributed by atoms with Crippen LogP contribution in [0.1, 0.15) is 91.4 Å². The van der Waals surface area contributed by atoms with Gasteiger partial charge in [0, 0.05) is 8.80 Å². The molecule has 1 saturated heterocycles. The Kier molecular flexibility index (Phi) is 8.57. The van der Waals surface area contributed by atoms with Gasteiger partial charge in [0.1, 0.15) is 0 Å². The topological polar surface area (TPSA) is 0 Å². The molecular weight excluding hydrogens is 280 g/mol. The highest BCUT2D eigenvalue weighted by Crippen LogP contribution is 2.42. The van der Waals surface area contributed by atoms with Crippen LogP contribution in [0.3, 0.4) is 0 Å². The molecule has 22 heavy (non-hydrogen) atoms. The van der Waals surface area contributed by atoms with Crippen molar-refractivity contribution in [2.24, 2.45) is 23.7 Å². The van der Waals surface area contributed by atoms with Crippen LogP contribution in [0.15, 0.2) is 0 Å². The van der Waals surface area contributed by atoms with Gasteiger partial charge in [-0.25, -0.2) is 0 Å². The summed E-state index contributed by atoms with van der Waals surface area (Å²) in [5.74, 6) is 4.30. The highest BCUT2D eigenvalue weighted by molar-refractivity contribution is 6.58. The van der Waals surface area contributed by atoms with E-state index in [9.17, 15) is 0 Å². The maximum atomic E-state index is 2.45. The minimum absolute atomic E-state index is 0.287. The van der Waals surface area contributed by atoms with Crippen molar-refractivity contribution >= 4 is 8.80 Å². The van der Waals surface area contributed by atoms with Crippen molar-refractivity contribution in [3.05, 3.63) is 0 Å². The van der Waals surface area contributed by atoms with E-state index in [1.165, 1.54) is 25.7 Å². The first-order valence-electron chi connectivity index (χ1n) is 10.7. The normalized spacial score (nSPS) is 34.5. The number of hydrogen-bond donors (Lipinski definition) is 0. The molecule has 1 aliphatic heterocycles. The van der Waals surface area contributed by atoms with E-state index in [1.54, 1.807) is 63.1 Å². The molecule has 0 nitrogen and oxygen atoms in total. The van der Waals surface area contributed by atoms with E-state index in [4.69, 9.17) is 0 Å². The van der Waals surface area contributed by atoms with Gasteiger partial charge in [0.05, 0.1) is 0 Å². The van der Waals surface area contributed by atoms with E-state index in [1.807, 2.05) is 0 Å². The molecule has 0 radical (unpaired) electrons. The van der Waals surface area contributed by atoms with Gasteiger partial charge >= 0.3 is 0 Å². The fourth-order valence-electron chi connectivity index (χ4n) is 5.26. The average molecular weight is 323 g/mol. The Morgan fingerprint density at radius 3 is 2.09 bits per heavy atom. The molecule has 1 heterocycles. The first-order chi connectivity index (χ1) is 10.7. The van der Waals surface area contributed by atoms with Crippen LogP contribution in [0.4, 0.5) is 0 Å². The van der Waals surface area contributed by atoms with Crippen LogP contribution in [0, 0.1) is 23.7 Å². The number of hydrogen-bond acceptors (Lipinski definition) is 0. The minimum atomic E-state index is -0.287. The van der Waals surface area contributed by atoms with Crippen molar-refractivity contribution in [3.8, 4) is 0 Å². The third-order valence-electron chi connectivity index (χ3n) is 7.10. The maximum absolute atomic E-state index is 2.45. The maximum Gasteiger partial charge on any atom is 0.0368 e. The minimum Gasteiger partial charge on any atom is -0.0654 e. The van der Waals surface area contributed by atoms with Crippen LogP contribution in [-0.4, -0.2) is 8.80 Å². The Hall–Kier alpha value is 0.217. The highest BCUT2D eigenvalue weighted by atomic mass is 28.3. The lowest BCUT2D eigenvalue weighted by Gasteiger charge is -2.38. The fourth-order valence-corrected chi connectivity index (χ4v) is 8.79. The molecule has 0 bridgehead atoms. The van der Waals surface area contributed by atoms with E-state index in [0.717, 1.165) is 23.7 Å². The summed E-state index contributed by atoms with van der Waals surface area (Å²) in [5.41, 5.74) is 0. The molecule has 1 saturated carbocycles. The standard InChI is InChI=1S/C21H42Si/c1-4-6-7-14-22-15-12-21(13-16-22)20-10-8-19(9-11-20)17-18(3)5-2/h18-22H,4-17H2,1-3H3/t18-,19?,20?,21?,22?/m0/s1. The van der Waals surface area contributed by atoms with Crippen LogP contribution >= 0.6 is 0 Å². The summed E-state index contributed by atoms with van der Waals surface area (Å²) in [6.45, 7) is 7.16. The lowest BCUT2D eigenvalue weighted by atomic mass is 9.72. The zero-order valence-electron chi connectivity index (χ0n) is 15.8. The van der Waals surface area contributed by atoms with Crippen LogP contribution < -0.4 is 0 Å². The first kappa shape index (κ1) is 18.6. The Morgan fingerprint density at radius 2 is 1.50 bits per heavy atom. The van der Waals surface area contributed by atoms with Crippen LogP contribution in [0.2, 0.25) is 18.1 Å². The van der Waals surface area contributed by atoms with E-state index in [2.05, 4.69) is 20.8 Å². The molecule has 2 aliphatic rings. The second-order valence-electron chi connectivity index (χ2n) is 8.81. The van der Waals surface area contributed by atoms with Crippen molar-refractivity contribution in [3.63, 3.8) is 0 Å². The molecule has 2 fully saturated rings. The summed E-state index contributed by atoms with van der Waals surface area (Å²) >= 11 is 0. The van der Waals surface area contributed by atoms with Gasteiger partial charge in [-0.15, -0.1) is 0 Å². The Labute approximate surface area is 142 Å². The zero-order valence-corrected chi connectivity index (χ0v) is 16.9. The van der Waals surface area contributed by atoms with Crippen LogP contribution in [0.25, 0.3) is 0 Å². The van der Waals surface area contributed by atoms with Crippen LogP contribution in [-0.2, 0) is 0 Å². The van der Waals surface area contributed by atoms with E-state index >= 15 is 0 Å². The molecule has 2 rings (SSSR count). The van der Waals surface area contributed by atoms with E-state index < -0.39 is 0 Å². The fraction of sp³-hybridized carbons (Fsp3) is 1.00. The number of unbranched alkanes of at least 4 members (excludes halogenated alkanes) is 2. The molecule has 1 aliphatic carbocycles. The molecule has 0 unspecified atom stereocenters. The summed E-state index contributed by atoms with van der Waals surface area (Å²) in [4.78, 5) is 0. The third-order valence-corrected chi connectivity index (χ3v) is 10.6.